The van der Waals surface area contributed by atoms with Gasteiger partial charge in [0.25, 0.3) is 0 Å². The summed E-state index contributed by atoms with van der Waals surface area (Å²) in [6, 6.07) is 18.6. The van der Waals surface area contributed by atoms with E-state index in [0.29, 0.717) is 5.56 Å². The van der Waals surface area contributed by atoms with Crippen LogP contribution in [0.1, 0.15) is 22.0 Å². The normalized spacial score (nSPS) is 12.1. The highest BCUT2D eigenvalue weighted by atomic mass is 16.7. The molecule has 1 unspecified atom stereocenters. The van der Waals surface area contributed by atoms with Crippen LogP contribution in [0.4, 0.5) is 0 Å². The molecule has 3 heteroatoms. The second-order valence-corrected chi connectivity index (χ2v) is 4.09. The lowest BCUT2D eigenvalue weighted by Crippen LogP contribution is -2.17. The molecule has 2 aromatic rings. The Morgan fingerprint density at radius 3 is 2.16 bits per heavy atom. The minimum absolute atomic E-state index is 0.0659. The van der Waals surface area contributed by atoms with Crippen molar-refractivity contribution in [2.45, 2.75) is 6.10 Å². The average Bonchev–Trinajstić information content (AvgIpc) is 2.49. The number of carbonyl (C=O) groups is 1. The molecule has 0 aliphatic carbocycles. The fourth-order valence-corrected chi connectivity index (χ4v) is 1.84. The number of benzene rings is 2. The second kappa shape index (κ2) is 6.83. The molecule has 0 aliphatic heterocycles. The van der Waals surface area contributed by atoms with Gasteiger partial charge in [0, 0.05) is 12.7 Å². The fourth-order valence-electron chi connectivity index (χ4n) is 1.84. The maximum absolute atomic E-state index is 12.5. The Balaban J connectivity index is 2.25. The van der Waals surface area contributed by atoms with Gasteiger partial charge in [0.15, 0.2) is 5.78 Å². The minimum atomic E-state index is -0.636. The van der Waals surface area contributed by atoms with Crippen LogP contribution in [0.25, 0.3) is 0 Å². The van der Waals surface area contributed by atoms with Crippen molar-refractivity contribution in [2.24, 2.45) is 0 Å². The molecule has 0 amide bonds. The van der Waals surface area contributed by atoms with Crippen LogP contribution in [0.3, 0.4) is 0 Å². The number of ether oxygens (including phenoxy) is 2. The van der Waals surface area contributed by atoms with Gasteiger partial charge in [0.2, 0.25) is 0 Å². The third kappa shape index (κ3) is 3.50. The van der Waals surface area contributed by atoms with Crippen LogP contribution in [0.15, 0.2) is 60.7 Å². The minimum Gasteiger partial charge on any atom is -0.359 e. The van der Waals surface area contributed by atoms with Crippen molar-refractivity contribution in [2.75, 3.05) is 13.9 Å². The molecule has 0 aromatic heterocycles. The molecule has 0 aliphatic rings. The van der Waals surface area contributed by atoms with Crippen molar-refractivity contribution < 1.29 is 14.3 Å². The predicted octanol–water partition coefficient (Wildman–Crippen LogP) is 3.23. The summed E-state index contributed by atoms with van der Waals surface area (Å²) in [6.07, 6.45) is -0.636. The summed E-state index contributed by atoms with van der Waals surface area (Å²) in [5, 5.41) is 0. The van der Waals surface area contributed by atoms with Crippen LogP contribution < -0.4 is 0 Å². The number of hydrogen-bond donors (Lipinski definition) is 0. The SMILES string of the molecule is COCOC(C(=O)c1ccccc1)c1ccccc1. The molecule has 0 heterocycles. The zero-order valence-corrected chi connectivity index (χ0v) is 10.8. The summed E-state index contributed by atoms with van der Waals surface area (Å²) in [6.45, 7) is 0.0815. The summed E-state index contributed by atoms with van der Waals surface area (Å²) in [7, 11) is 1.54. The molecule has 2 rings (SSSR count). The van der Waals surface area contributed by atoms with Gasteiger partial charge < -0.3 is 9.47 Å². The second-order valence-electron chi connectivity index (χ2n) is 4.09. The number of hydrogen-bond acceptors (Lipinski definition) is 3. The van der Waals surface area contributed by atoms with Crippen LogP contribution in [0.2, 0.25) is 0 Å². The van der Waals surface area contributed by atoms with Gasteiger partial charge in [0.05, 0.1) is 0 Å². The summed E-state index contributed by atoms with van der Waals surface area (Å²) < 4.78 is 10.4. The number of ketones is 1. The van der Waals surface area contributed by atoms with E-state index in [2.05, 4.69) is 0 Å². The first-order valence-electron chi connectivity index (χ1n) is 6.07. The molecular weight excluding hydrogens is 240 g/mol. The van der Waals surface area contributed by atoms with Gasteiger partial charge in [-0.05, 0) is 5.56 Å². The topological polar surface area (TPSA) is 35.5 Å². The van der Waals surface area contributed by atoms with E-state index in [4.69, 9.17) is 9.47 Å². The quantitative estimate of drug-likeness (QED) is 0.588. The lowest BCUT2D eigenvalue weighted by molar-refractivity contribution is -0.0611. The maximum Gasteiger partial charge on any atom is 0.196 e. The largest absolute Gasteiger partial charge is 0.359 e. The number of rotatable bonds is 6. The van der Waals surface area contributed by atoms with E-state index in [0.717, 1.165) is 5.56 Å². The predicted molar refractivity (Wildman–Crippen MR) is 72.9 cm³/mol. The molecule has 2 aromatic carbocycles. The maximum atomic E-state index is 12.5. The highest BCUT2D eigenvalue weighted by Crippen LogP contribution is 2.22. The molecule has 0 radical (unpaired) electrons. The standard InChI is InChI=1S/C16H16O3/c1-18-12-19-16(14-10-6-3-7-11-14)15(17)13-8-4-2-5-9-13/h2-11,16H,12H2,1H3. The lowest BCUT2D eigenvalue weighted by Gasteiger charge is -2.16. The van der Waals surface area contributed by atoms with E-state index in [9.17, 15) is 4.79 Å². The van der Waals surface area contributed by atoms with Crippen LogP contribution in [-0.2, 0) is 9.47 Å². The van der Waals surface area contributed by atoms with E-state index in [-0.39, 0.29) is 12.6 Å². The number of Topliss-reactive ketones (excluding diaryl/α,β-unsaturated/α-hetero) is 1. The molecule has 19 heavy (non-hydrogen) atoms. The summed E-state index contributed by atoms with van der Waals surface area (Å²) in [4.78, 5) is 12.5. The Labute approximate surface area is 112 Å². The summed E-state index contributed by atoms with van der Waals surface area (Å²) >= 11 is 0. The molecule has 0 bridgehead atoms. The highest BCUT2D eigenvalue weighted by Gasteiger charge is 2.22. The first-order valence-corrected chi connectivity index (χ1v) is 6.07. The molecule has 98 valence electrons. The van der Waals surface area contributed by atoms with E-state index >= 15 is 0 Å². The van der Waals surface area contributed by atoms with E-state index < -0.39 is 6.10 Å². The molecule has 3 nitrogen and oxygen atoms in total. The molecule has 0 saturated heterocycles. The van der Waals surface area contributed by atoms with Crippen molar-refractivity contribution in [1.82, 2.24) is 0 Å². The monoisotopic (exact) mass is 256 g/mol. The molecule has 0 fully saturated rings. The van der Waals surface area contributed by atoms with Crippen molar-refractivity contribution in [3.63, 3.8) is 0 Å². The van der Waals surface area contributed by atoms with Gasteiger partial charge >= 0.3 is 0 Å². The van der Waals surface area contributed by atoms with Gasteiger partial charge in [-0.1, -0.05) is 60.7 Å². The Morgan fingerprint density at radius 1 is 1.00 bits per heavy atom. The zero-order valence-electron chi connectivity index (χ0n) is 10.8. The summed E-state index contributed by atoms with van der Waals surface area (Å²) in [5.41, 5.74) is 1.46. The van der Waals surface area contributed by atoms with Gasteiger partial charge in [-0.15, -0.1) is 0 Å². The van der Waals surface area contributed by atoms with Crippen molar-refractivity contribution in [3.05, 3.63) is 71.8 Å². The summed E-state index contributed by atoms with van der Waals surface area (Å²) in [5.74, 6) is -0.0659. The number of carbonyl (C=O) groups excluding carboxylic acids is 1. The van der Waals surface area contributed by atoms with Gasteiger partial charge in [-0.25, -0.2) is 0 Å². The highest BCUT2D eigenvalue weighted by molar-refractivity contribution is 6.00. The first-order chi connectivity index (χ1) is 9.33. The van der Waals surface area contributed by atoms with Crippen molar-refractivity contribution in [3.8, 4) is 0 Å². The van der Waals surface area contributed by atoms with E-state index in [1.165, 1.54) is 7.11 Å². The molecular formula is C16H16O3. The lowest BCUT2D eigenvalue weighted by atomic mass is 10.00. The van der Waals surface area contributed by atoms with Gasteiger partial charge in [-0.3, -0.25) is 4.79 Å². The fraction of sp³-hybridized carbons (Fsp3) is 0.188. The number of methoxy groups -OCH3 is 1. The molecule has 1 atom stereocenters. The van der Waals surface area contributed by atoms with E-state index in [1.807, 2.05) is 48.5 Å². The smallest absolute Gasteiger partial charge is 0.196 e. The molecule has 0 N–H and O–H groups in total. The third-order valence-electron chi connectivity index (χ3n) is 2.75. The van der Waals surface area contributed by atoms with Crippen LogP contribution >= 0.6 is 0 Å². The van der Waals surface area contributed by atoms with Gasteiger partial charge in [0.1, 0.15) is 12.9 Å². The average molecular weight is 256 g/mol. The Hall–Kier alpha value is -1.97. The van der Waals surface area contributed by atoms with Crippen LogP contribution in [0.5, 0.6) is 0 Å². The zero-order chi connectivity index (χ0) is 13.5. The first kappa shape index (κ1) is 13.5. The van der Waals surface area contributed by atoms with Crippen LogP contribution in [0, 0.1) is 0 Å². The molecule has 0 spiro atoms. The Morgan fingerprint density at radius 2 is 1.58 bits per heavy atom. The van der Waals surface area contributed by atoms with Crippen molar-refractivity contribution >= 4 is 5.78 Å². The Kier molecular flexibility index (Phi) is 4.84. The third-order valence-corrected chi connectivity index (χ3v) is 2.75. The molecule has 0 saturated carbocycles. The van der Waals surface area contributed by atoms with Gasteiger partial charge in [-0.2, -0.15) is 0 Å². The Bertz CT molecular complexity index is 508. The van der Waals surface area contributed by atoms with Crippen LogP contribution in [-0.4, -0.2) is 19.7 Å². The van der Waals surface area contributed by atoms with Crippen molar-refractivity contribution in [1.29, 1.82) is 0 Å². The van der Waals surface area contributed by atoms with E-state index in [1.54, 1.807) is 12.1 Å².